The SMILES string of the molecule is CC(O)c1ccc(N(C)C(C)C)c(Cl)c1. The van der Waals surface area contributed by atoms with Crippen molar-refractivity contribution < 1.29 is 5.11 Å². The van der Waals surface area contributed by atoms with Crippen LogP contribution in [0.2, 0.25) is 5.02 Å². The van der Waals surface area contributed by atoms with E-state index in [-0.39, 0.29) is 0 Å². The van der Waals surface area contributed by atoms with Crippen molar-refractivity contribution in [2.24, 2.45) is 0 Å². The molecule has 1 N–H and O–H groups in total. The minimum absolute atomic E-state index is 0.403. The predicted molar refractivity (Wildman–Crippen MR) is 65.6 cm³/mol. The summed E-state index contributed by atoms with van der Waals surface area (Å²) in [4.78, 5) is 2.11. The molecule has 0 radical (unpaired) electrons. The maximum absolute atomic E-state index is 9.41. The van der Waals surface area contributed by atoms with Crippen LogP contribution < -0.4 is 4.90 Å². The molecule has 0 aliphatic rings. The van der Waals surface area contributed by atoms with E-state index in [4.69, 9.17) is 11.6 Å². The van der Waals surface area contributed by atoms with Crippen LogP contribution in [0.1, 0.15) is 32.4 Å². The molecule has 1 atom stereocenters. The Kier molecular flexibility index (Phi) is 4.00. The largest absolute Gasteiger partial charge is 0.389 e. The monoisotopic (exact) mass is 227 g/mol. The van der Waals surface area contributed by atoms with Crippen molar-refractivity contribution in [1.29, 1.82) is 0 Å². The molecule has 0 saturated carbocycles. The third-order valence-corrected chi connectivity index (χ3v) is 2.91. The first kappa shape index (κ1) is 12.3. The molecule has 0 saturated heterocycles. The number of aliphatic hydroxyl groups excluding tert-OH is 1. The summed E-state index contributed by atoms with van der Waals surface area (Å²) in [7, 11) is 2.01. The molecule has 3 heteroatoms. The van der Waals surface area contributed by atoms with Crippen molar-refractivity contribution in [3.05, 3.63) is 28.8 Å². The van der Waals surface area contributed by atoms with E-state index in [9.17, 15) is 5.11 Å². The molecule has 0 amide bonds. The van der Waals surface area contributed by atoms with Crippen LogP contribution in [0, 0.1) is 0 Å². The number of hydrogen-bond donors (Lipinski definition) is 1. The Morgan fingerprint density at radius 3 is 2.27 bits per heavy atom. The molecule has 1 aromatic rings. The Morgan fingerprint density at radius 2 is 1.87 bits per heavy atom. The van der Waals surface area contributed by atoms with Gasteiger partial charge in [0.2, 0.25) is 0 Å². The van der Waals surface area contributed by atoms with Crippen molar-refractivity contribution in [3.8, 4) is 0 Å². The zero-order valence-corrected chi connectivity index (χ0v) is 10.4. The molecule has 0 heterocycles. The number of nitrogens with zero attached hydrogens (tertiary/aromatic N) is 1. The molecule has 0 aromatic heterocycles. The summed E-state index contributed by atoms with van der Waals surface area (Å²) in [6.07, 6.45) is -0.471. The van der Waals surface area contributed by atoms with Crippen LogP contribution in [0.3, 0.4) is 0 Å². The number of rotatable bonds is 3. The highest BCUT2D eigenvalue weighted by Crippen LogP contribution is 2.29. The van der Waals surface area contributed by atoms with Crippen molar-refractivity contribution in [3.63, 3.8) is 0 Å². The molecule has 0 spiro atoms. The van der Waals surface area contributed by atoms with E-state index in [2.05, 4.69) is 18.7 Å². The number of hydrogen-bond acceptors (Lipinski definition) is 2. The van der Waals surface area contributed by atoms with E-state index in [0.29, 0.717) is 11.1 Å². The molecule has 84 valence electrons. The van der Waals surface area contributed by atoms with Crippen molar-refractivity contribution in [2.45, 2.75) is 32.9 Å². The summed E-state index contributed by atoms with van der Waals surface area (Å²) >= 11 is 6.16. The zero-order chi connectivity index (χ0) is 11.6. The predicted octanol–water partition coefficient (Wildman–Crippen LogP) is 3.24. The Morgan fingerprint density at radius 1 is 1.27 bits per heavy atom. The van der Waals surface area contributed by atoms with E-state index in [1.54, 1.807) is 6.92 Å². The quantitative estimate of drug-likeness (QED) is 0.857. The van der Waals surface area contributed by atoms with Crippen molar-refractivity contribution in [1.82, 2.24) is 0 Å². The van der Waals surface area contributed by atoms with Gasteiger partial charge in [0.25, 0.3) is 0 Å². The lowest BCUT2D eigenvalue weighted by atomic mass is 10.1. The smallest absolute Gasteiger partial charge is 0.0762 e. The molecule has 0 fully saturated rings. The Labute approximate surface area is 96.5 Å². The fourth-order valence-electron chi connectivity index (χ4n) is 1.35. The average Bonchev–Trinajstić information content (AvgIpc) is 2.16. The average molecular weight is 228 g/mol. The second kappa shape index (κ2) is 4.86. The molecule has 0 aliphatic carbocycles. The molecule has 1 unspecified atom stereocenters. The zero-order valence-electron chi connectivity index (χ0n) is 9.66. The summed E-state index contributed by atoms with van der Waals surface area (Å²) in [5.41, 5.74) is 1.84. The first-order valence-electron chi connectivity index (χ1n) is 5.13. The van der Waals surface area contributed by atoms with Gasteiger partial charge in [0.1, 0.15) is 0 Å². The van der Waals surface area contributed by atoms with E-state index in [1.807, 2.05) is 25.2 Å². The summed E-state index contributed by atoms with van der Waals surface area (Å²) in [6, 6.07) is 6.08. The molecule has 2 nitrogen and oxygen atoms in total. The maximum Gasteiger partial charge on any atom is 0.0762 e. The van der Waals surface area contributed by atoms with Crippen molar-refractivity contribution in [2.75, 3.05) is 11.9 Å². The highest BCUT2D eigenvalue weighted by molar-refractivity contribution is 6.33. The Bertz CT molecular complexity index is 336. The number of aliphatic hydroxyl groups is 1. The van der Waals surface area contributed by atoms with Gasteiger partial charge in [-0.25, -0.2) is 0 Å². The van der Waals surface area contributed by atoms with Crippen molar-refractivity contribution >= 4 is 17.3 Å². The summed E-state index contributed by atoms with van der Waals surface area (Å²) in [5, 5.41) is 10.1. The normalized spacial score (nSPS) is 13.0. The Balaban J connectivity index is 3.03. The van der Waals surface area contributed by atoms with Gasteiger partial charge in [0, 0.05) is 13.1 Å². The molecule has 0 bridgehead atoms. The van der Waals surface area contributed by atoms with Gasteiger partial charge in [-0.2, -0.15) is 0 Å². The van der Waals surface area contributed by atoms with Gasteiger partial charge in [-0.15, -0.1) is 0 Å². The Hall–Kier alpha value is -0.730. The van der Waals surface area contributed by atoms with Crippen LogP contribution in [-0.4, -0.2) is 18.2 Å². The standard InChI is InChI=1S/C12H18ClNO/c1-8(2)14(4)12-6-5-10(9(3)15)7-11(12)13/h5-9,15H,1-4H3. The van der Waals surface area contributed by atoms with Crippen LogP contribution >= 0.6 is 11.6 Å². The van der Waals surface area contributed by atoms with Crippen LogP contribution in [0.15, 0.2) is 18.2 Å². The van der Waals surface area contributed by atoms with Crippen LogP contribution in [-0.2, 0) is 0 Å². The van der Waals surface area contributed by atoms with Gasteiger partial charge in [0.15, 0.2) is 0 Å². The lowest BCUT2D eigenvalue weighted by Gasteiger charge is -2.25. The molecule has 15 heavy (non-hydrogen) atoms. The van der Waals surface area contributed by atoms with E-state index in [0.717, 1.165) is 11.3 Å². The third-order valence-electron chi connectivity index (χ3n) is 2.61. The van der Waals surface area contributed by atoms with E-state index in [1.165, 1.54) is 0 Å². The lowest BCUT2D eigenvalue weighted by Crippen LogP contribution is -2.25. The summed E-state index contributed by atoms with van der Waals surface area (Å²) < 4.78 is 0. The molecule has 0 aliphatic heterocycles. The van der Waals surface area contributed by atoms with Crippen LogP contribution in [0.5, 0.6) is 0 Å². The number of anilines is 1. The lowest BCUT2D eigenvalue weighted by molar-refractivity contribution is 0.199. The summed E-state index contributed by atoms with van der Waals surface area (Å²) in [5.74, 6) is 0. The number of benzene rings is 1. The van der Waals surface area contributed by atoms with Crippen LogP contribution in [0.25, 0.3) is 0 Å². The second-order valence-corrected chi connectivity index (χ2v) is 4.50. The first-order valence-corrected chi connectivity index (χ1v) is 5.51. The fraction of sp³-hybridized carbons (Fsp3) is 0.500. The van der Waals surface area contributed by atoms with Gasteiger partial charge in [0.05, 0.1) is 16.8 Å². The molecule has 1 aromatic carbocycles. The molecular weight excluding hydrogens is 210 g/mol. The summed E-state index contributed by atoms with van der Waals surface area (Å²) in [6.45, 7) is 5.95. The topological polar surface area (TPSA) is 23.5 Å². The third kappa shape index (κ3) is 2.86. The van der Waals surface area contributed by atoms with Gasteiger partial charge < -0.3 is 10.0 Å². The van der Waals surface area contributed by atoms with E-state index < -0.39 is 6.10 Å². The maximum atomic E-state index is 9.41. The minimum Gasteiger partial charge on any atom is -0.389 e. The molecule has 1 rings (SSSR count). The van der Waals surface area contributed by atoms with Gasteiger partial charge in [-0.3, -0.25) is 0 Å². The first-order chi connectivity index (χ1) is 6.93. The highest BCUT2D eigenvalue weighted by atomic mass is 35.5. The molecular formula is C12H18ClNO. The highest BCUT2D eigenvalue weighted by Gasteiger charge is 2.10. The van der Waals surface area contributed by atoms with Gasteiger partial charge in [-0.05, 0) is 38.5 Å². The van der Waals surface area contributed by atoms with Gasteiger partial charge >= 0.3 is 0 Å². The minimum atomic E-state index is -0.471. The second-order valence-electron chi connectivity index (χ2n) is 4.09. The fourth-order valence-corrected chi connectivity index (χ4v) is 1.67. The van der Waals surface area contributed by atoms with E-state index >= 15 is 0 Å². The van der Waals surface area contributed by atoms with Gasteiger partial charge in [-0.1, -0.05) is 17.7 Å². The number of halogens is 1. The van der Waals surface area contributed by atoms with Crippen LogP contribution in [0.4, 0.5) is 5.69 Å².